The highest BCUT2D eigenvalue weighted by atomic mass is 127. The molecule has 1 N–H and O–H groups in total. The quantitative estimate of drug-likeness (QED) is 0.372. The van der Waals surface area contributed by atoms with Gasteiger partial charge in [-0.25, -0.2) is 17.8 Å². The third-order valence-corrected chi connectivity index (χ3v) is 5.45. The van der Waals surface area contributed by atoms with E-state index in [4.69, 9.17) is 0 Å². The molecule has 0 aromatic carbocycles. The van der Waals surface area contributed by atoms with Gasteiger partial charge in [0.1, 0.15) is 0 Å². The van der Waals surface area contributed by atoms with Crippen LogP contribution in [-0.4, -0.2) is 34.4 Å². The molecule has 0 bridgehead atoms. The molecule has 104 valence electrons. The predicted molar refractivity (Wildman–Crippen MR) is 81.2 cm³/mol. The van der Waals surface area contributed by atoms with Crippen LogP contribution in [0, 0.1) is 0 Å². The summed E-state index contributed by atoms with van der Waals surface area (Å²) in [6, 6.07) is 0. The van der Waals surface area contributed by atoms with Gasteiger partial charge in [-0.05, 0) is 33.2 Å². The monoisotopic (exact) mass is 450 g/mol. The zero-order valence-electron chi connectivity index (χ0n) is 10.1. The van der Waals surface area contributed by atoms with Gasteiger partial charge in [0.2, 0.25) is 5.03 Å². The molecule has 0 aliphatic heterocycles. The second-order valence-corrected chi connectivity index (χ2v) is 7.32. The molecule has 18 heavy (non-hydrogen) atoms. The Morgan fingerprint density at radius 3 is 2.56 bits per heavy atom. The third-order valence-electron chi connectivity index (χ3n) is 2.34. The zero-order valence-corrected chi connectivity index (χ0v) is 14.6. The Morgan fingerprint density at radius 1 is 1.33 bits per heavy atom. The number of hydrogen-bond acceptors (Lipinski definition) is 4. The largest absolute Gasteiger partial charge is 0.260 e. The number of alkyl halides is 1. The lowest BCUT2D eigenvalue weighted by atomic mass is 10.2. The van der Waals surface area contributed by atoms with Crippen LogP contribution in [0.15, 0.2) is 9.63 Å². The number of sulfonamides is 1. The van der Waals surface area contributed by atoms with Crippen molar-refractivity contribution in [3.05, 3.63) is 4.60 Å². The van der Waals surface area contributed by atoms with E-state index in [9.17, 15) is 8.42 Å². The number of hydrogen-bond donors (Lipinski definition) is 1. The van der Waals surface area contributed by atoms with E-state index < -0.39 is 10.0 Å². The average molecular weight is 451 g/mol. The molecule has 0 aliphatic rings. The second-order valence-electron chi connectivity index (χ2n) is 3.81. The summed E-state index contributed by atoms with van der Waals surface area (Å²) in [5, 5.41) is 7.38. The van der Waals surface area contributed by atoms with Crippen molar-refractivity contribution in [3.8, 4) is 0 Å². The van der Waals surface area contributed by atoms with Crippen LogP contribution >= 0.6 is 38.5 Å². The summed E-state index contributed by atoms with van der Waals surface area (Å²) in [4.78, 5) is 0. The molecule has 1 aromatic rings. The lowest BCUT2D eigenvalue weighted by Crippen LogP contribution is -2.27. The summed E-state index contributed by atoms with van der Waals surface area (Å²) in [7, 11) is -1.98. The number of aryl methyl sites for hydroxylation is 1. The molecule has 0 amide bonds. The molecule has 0 aliphatic carbocycles. The van der Waals surface area contributed by atoms with Crippen molar-refractivity contribution in [2.45, 2.75) is 30.7 Å². The smallest absolute Gasteiger partial charge is 0.235 e. The van der Waals surface area contributed by atoms with Crippen molar-refractivity contribution in [1.29, 1.82) is 0 Å². The Labute approximate surface area is 129 Å². The fourth-order valence-electron chi connectivity index (χ4n) is 1.46. The highest BCUT2D eigenvalue weighted by Gasteiger charge is 2.22. The Kier molecular flexibility index (Phi) is 7.03. The van der Waals surface area contributed by atoms with Gasteiger partial charge in [-0.3, -0.25) is 0 Å². The van der Waals surface area contributed by atoms with Gasteiger partial charge in [0.15, 0.2) is 4.60 Å². The minimum atomic E-state index is -3.53. The Bertz CT molecular complexity index is 457. The van der Waals surface area contributed by atoms with Gasteiger partial charge >= 0.3 is 0 Å². The van der Waals surface area contributed by atoms with Crippen LogP contribution < -0.4 is 4.72 Å². The summed E-state index contributed by atoms with van der Waals surface area (Å²) < 4.78 is 29.1. The minimum absolute atomic E-state index is 0.0646. The van der Waals surface area contributed by atoms with Crippen molar-refractivity contribution in [1.82, 2.24) is 19.7 Å². The minimum Gasteiger partial charge on any atom is -0.235 e. The van der Waals surface area contributed by atoms with Crippen LogP contribution in [0.2, 0.25) is 0 Å². The van der Waals surface area contributed by atoms with E-state index >= 15 is 0 Å². The lowest BCUT2D eigenvalue weighted by Gasteiger charge is -2.06. The van der Waals surface area contributed by atoms with Crippen molar-refractivity contribution in [2.24, 2.45) is 7.05 Å². The SMILES string of the molecule is Cn1nnc(Br)c1S(=O)(=O)NCCCCCCI. The summed E-state index contributed by atoms with van der Waals surface area (Å²) in [6.45, 7) is 0.446. The first-order valence-electron chi connectivity index (χ1n) is 5.60. The molecule has 1 heterocycles. The summed E-state index contributed by atoms with van der Waals surface area (Å²) in [6.07, 6.45) is 4.21. The molecule has 0 saturated carbocycles. The maximum Gasteiger partial charge on any atom is 0.260 e. The van der Waals surface area contributed by atoms with Gasteiger partial charge in [0, 0.05) is 13.6 Å². The fourth-order valence-corrected chi connectivity index (χ4v) is 4.16. The average Bonchev–Trinajstić information content (AvgIpc) is 2.64. The van der Waals surface area contributed by atoms with Crippen LogP contribution in [-0.2, 0) is 17.1 Å². The third kappa shape index (κ3) is 4.74. The fraction of sp³-hybridized carbons (Fsp3) is 0.778. The Morgan fingerprint density at radius 2 is 2.00 bits per heavy atom. The maximum atomic E-state index is 12.0. The zero-order chi connectivity index (χ0) is 13.6. The first-order valence-corrected chi connectivity index (χ1v) is 9.40. The van der Waals surface area contributed by atoms with Crippen molar-refractivity contribution < 1.29 is 8.42 Å². The van der Waals surface area contributed by atoms with Gasteiger partial charge < -0.3 is 0 Å². The van der Waals surface area contributed by atoms with E-state index in [1.54, 1.807) is 7.05 Å². The number of aromatic nitrogens is 3. The molecule has 6 nitrogen and oxygen atoms in total. The molecule has 0 fully saturated rings. The van der Waals surface area contributed by atoms with Gasteiger partial charge in [-0.1, -0.05) is 40.6 Å². The van der Waals surface area contributed by atoms with Gasteiger partial charge in [0.05, 0.1) is 0 Å². The molecule has 1 rings (SSSR count). The topological polar surface area (TPSA) is 76.9 Å². The maximum absolute atomic E-state index is 12.0. The number of halogens is 2. The van der Waals surface area contributed by atoms with Gasteiger partial charge in [-0.15, -0.1) is 5.10 Å². The molecular weight excluding hydrogens is 435 g/mol. The summed E-state index contributed by atoms with van der Waals surface area (Å²) >= 11 is 5.42. The highest BCUT2D eigenvalue weighted by molar-refractivity contribution is 14.1. The second kappa shape index (κ2) is 7.75. The first kappa shape index (κ1) is 16.3. The van der Waals surface area contributed by atoms with Crippen molar-refractivity contribution in [3.63, 3.8) is 0 Å². The Balaban J connectivity index is 2.46. The first-order chi connectivity index (χ1) is 8.49. The molecule has 0 atom stereocenters. The lowest BCUT2D eigenvalue weighted by molar-refractivity contribution is 0.555. The van der Waals surface area contributed by atoms with E-state index in [1.165, 1.54) is 11.1 Å². The molecule has 0 radical (unpaired) electrons. The number of nitrogens with zero attached hydrogens (tertiary/aromatic N) is 3. The molecule has 0 spiro atoms. The van der Waals surface area contributed by atoms with E-state index in [0.717, 1.165) is 23.7 Å². The molecule has 0 unspecified atom stereocenters. The van der Waals surface area contributed by atoms with E-state index in [0.29, 0.717) is 6.54 Å². The number of rotatable bonds is 8. The molecule has 1 aromatic heterocycles. The van der Waals surface area contributed by atoms with Crippen LogP contribution in [0.4, 0.5) is 0 Å². The standard InChI is InChI=1S/C9H16BrIN4O2S/c1-15-9(8(10)13-14-15)18(16,17)12-7-5-3-2-4-6-11/h12H,2-7H2,1H3. The van der Waals surface area contributed by atoms with E-state index in [-0.39, 0.29) is 9.63 Å². The van der Waals surface area contributed by atoms with Crippen LogP contribution in [0.3, 0.4) is 0 Å². The molecule has 9 heteroatoms. The Hall–Kier alpha value is 0.260. The molecular formula is C9H16BrIN4O2S. The summed E-state index contributed by atoms with van der Waals surface area (Å²) in [5.74, 6) is 0. The van der Waals surface area contributed by atoms with Crippen LogP contribution in [0.5, 0.6) is 0 Å². The van der Waals surface area contributed by atoms with Gasteiger partial charge in [0.25, 0.3) is 10.0 Å². The highest BCUT2D eigenvalue weighted by Crippen LogP contribution is 2.17. The van der Waals surface area contributed by atoms with Crippen LogP contribution in [0.1, 0.15) is 25.7 Å². The van der Waals surface area contributed by atoms with Crippen molar-refractivity contribution in [2.75, 3.05) is 11.0 Å². The van der Waals surface area contributed by atoms with Gasteiger partial charge in [-0.2, -0.15) is 0 Å². The molecule has 0 saturated heterocycles. The van der Waals surface area contributed by atoms with E-state index in [1.807, 2.05) is 0 Å². The predicted octanol–water partition coefficient (Wildman–Crippen LogP) is 1.85. The van der Waals surface area contributed by atoms with E-state index in [2.05, 4.69) is 53.6 Å². The van der Waals surface area contributed by atoms with Crippen molar-refractivity contribution >= 4 is 48.5 Å². The normalized spacial score (nSPS) is 11.9. The number of unbranched alkanes of at least 4 members (excludes halogenated alkanes) is 3. The number of nitrogens with one attached hydrogen (secondary N) is 1. The summed E-state index contributed by atoms with van der Waals surface area (Å²) in [5.41, 5.74) is 0. The van der Waals surface area contributed by atoms with Crippen LogP contribution in [0.25, 0.3) is 0 Å².